The highest BCUT2D eigenvalue weighted by atomic mass is 35.5. The van der Waals surface area contributed by atoms with Gasteiger partial charge in [-0.05, 0) is 37.8 Å². The Balaban J connectivity index is 1.78. The zero-order valence-corrected chi connectivity index (χ0v) is 10.8. The average molecular weight is 252 g/mol. The molecule has 0 radical (unpaired) electrons. The van der Waals surface area contributed by atoms with Crippen LogP contribution >= 0.6 is 11.6 Å². The summed E-state index contributed by atoms with van der Waals surface area (Å²) in [6.45, 7) is 0. The van der Waals surface area contributed by atoms with E-state index < -0.39 is 0 Å². The van der Waals surface area contributed by atoms with E-state index in [2.05, 4.69) is 22.2 Å². The molecule has 1 aromatic rings. The minimum atomic E-state index is 0.571. The molecule has 3 nitrogen and oxygen atoms in total. The fourth-order valence-corrected chi connectivity index (χ4v) is 3.41. The first-order chi connectivity index (χ1) is 8.24. The molecule has 0 amide bonds. The maximum absolute atomic E-state index is 6.21. The van der Waals surface area contributed by atoms with Gasteiger partial charge in [0, 0.05) is 31.4 Å². The van der Waals surface area contributed by atoms with E-state index >= 15 is 0 Å². The number of pyridine rings is 1. The SMILES string of the molecule is CN(c1ncccc1Cl)C1CC2CCC(C1)N2. The number of fused-ring (bicyclic) bond motifs is 2. The molecular formula is C13H18ClN3. The third-order valence-corrected chi connectivity index (χ3v) is 4.36. The lowest BCUT2D eigenvalue weighted by molar-refractivity contribution is 0.354. The number of hydrogen-bond acceptors (Lipinski definition) is 3. The number of anilines is 1. The number of halogens is 1. The fraction of sp³-hybridized carbons (Fsp3) is 0.615. The van der Waals surface area contributed by atoms with Crippen LogP contribution < -0.4 is 10.2 Å². The van der Waals surface area contributed by atoms with Crippen LogP contribution in [-0.2, 0) is 0 Å². The minimum Gasteiger partial charge on any atom is -0.355 e. The maximum atomic E-state index is 6.21. The maximum Gasteiger partial charge on any atom is 0.147 e. The summed E-state index contributed by atoms with van der Waals surface area (Å²) >= 11 is 6.21. The molecular weight excluding hydrogens is 234 g/mol. The van der Waals surface area contributed by atoms with Crippen molar-refractivity contribution in [2.24, 2.45) is 0 Å². The van der Waals surface area contributed by atoms with Gasteiger partial charge in [-0.3, -0.25) is 0 Å². The molecule has 2 saturated heterocycles. The predicted molar refractivity (Wildman–Crippen MR) is 70.6 cm³/mol. The summed E-state index contributed by atoms with van der Waals surface area (Å²) in [6, 6.07) is 5.76. The molecule has 0 spiro atoms. The molecule has 0 aromatic carbocycles. The normalized spacial score (nSPS) is 31.5. The van der Waals surface area contributed by atoms with Gasteiger partial charge in [-0.15, -0.1) is 0 Å². The lowest BCUT2D eigenvalue weighted by Gasteiger charge is -2.36. The Morgan fingerprint density at radius 1 is 1.35 bits per heavy atom. The third-order valence-electron chi connectivity index (χ3n) is 4.07. The van der Waals surface area contributed by atoms with Crippen LogP contribution in [0.2, 0.25) is 5.02 Å². The van der Waals surface area contributed by atoms with E-state index in [0.717, 1.165) is 10.8 Å². The van der Waals surface area contributed by atoms with Gasteiger partial charge in [0.2, 0.25) is 0 Å². The second kappa shape index (κ2) is 4.46. The molecule has 2 fully saturated rings. The summed E-state index contributed by atoms with van der Waals surface area (Å²) < 4.78 is 0. The first kappa shape index (κ1) is 11.3. The molecule has 1 N–H and O–H groups in total. The Hall–Kier alpha value is -0.800. The number of nitrogens with zero attached hydrogens (tertiary/aromatic N) is 2. The number of piperidine rings is 1. The second-order valence-electron chi connectivity index (χ2n) is 5.18. The Morgan fingerprint density at radius 2 is 2.06 bits per heavy atom. The van der Waals surface area contributed by atoms with Crippen molar-refractivity contribution >= 4 is 17.4 Å². The van der Waals surface area contributed by atoms with Crippen LogP contribution in [0.1, 0.15) is 25.7 Å². The molecule has 2 aliphatic rings. The molecule has 2 aliphatic heterocycles. The summed E-state index contributed by atoms with van der Waals surface area (Å²) in [4.78, 5) is 6.66. The lowest BCUT2D eigenvalue weighted by atomic mass is 9.98. The molecule has 2 atom stereocenters. The zero-order chi connectivity index (χ0) is 11.8. The first-order valence-electron chi connectivity index (χ1n) is 6.33. The van der Waals surface area contributed by atoms with Crippen molar-refractivity contribution in [3.8, 4) is 0 Å². The Kier molecular flexibility index (Phi) is 2.97. The van der Waals surface area contributed by atoms with Crippen LogP contribution in [0.25, 0.3) is 0 Å². The summed E-state index contributed by atoms with van der Waals surface area (Å²) in [5.74, 6) is 0.917. The molecule has 3 heterocycles. The summed E-state index contributed by atoms with van der Waals surface area (Å²) in [5, 5.41) is 4.41. The van der Waals surface area contributed by atoms with Crippen molar-refractivity contribution in [1.29, 1.82) is 0 Å². The van der Waals surface area contributed by atoms with Crippen molar-refractivity contribution in [1.82, 2.24) is 10.3 Å². The number of rotatable bonds is 2. The third kappa shape index (κ3) is 2.14. The smallest absolute Gasteiger partial charge is 0.147 e. The number of aromatic nitrogens is 1. The quantitative estimate of drug-likeness (QED) is 0.875. The predicted octanol–water partition coefficient (Wildman–Crippen LogP) is 2.45. The Morgan fingerprint density at radius 3 is 2.71 bits per heavy atom. The van der Waals surface area contributed by atoms with E-state index in [9.17, 15) is 0 Å². The van der Waals surface area contributed by atoms with Crippen LogP contribution in [0.3, 0.4) is 0 Å². The van der Waals surface area contributed by atoms with Gasteiger partial charge in [0.25, 0.3) is 0 Å². The van der Waals surface area contributed by atoms with Crippen molar-refractivity contribution in [3.05, 3.63) is 23.4 Å². The van der Waals surface area contributed by atoms with Crippen molar-refractivity contribution in [2.45, 2.75) is 43.8 Å². The van der Waals surface area contributed by atoms with E-state index in [1.165, 1.54) is 25.7 Å². The van der Waals surface area contributed by atoms with Gasteiger partial charge in [0.15, 0.2) is 0 Å². The molecule has 0 aliphatic carbocycles. The van der Waals surface area contributed by atoms with Gasteiger partial charge in [0.1, 0.15) is 5.82 Å². The van der Waals surface area contributed by atoms with Crippen LogP contribution in [0.5, 0.6) is 0 Å². The molecule has 3 rings (SSSR count). The van der Waals surface area contributed by atoms with E-state index in [1.807, 2.05) is 18.3 Å². The van der Waals surface area contributed by atoms with Gasteiger partial charge in [-0.2, -0.15) is 0 Å². The minimum absolute atomic E-state index is 0.571. The largest absolute Gasteiger partial charge is 0.355 e. The molecule has 0 saturated carbocycles. The van der Waals surface area contributed by atoms with E-state index in [-0.39, 0.29) is 0 Å². The monoisotopic (exact) mass is 251 g/mol. The van der Waals surface area contributed by atoms with Gasteiger partial charge in [-0.1, -0.05) is 11.6 Å². The highest BCUT2D eigenvalue weighted by Crippen LogP contribution is 2.32. The summed E-state index contributed by atoms with van der Waals surface area (Å²) in [7, 11) is 2.11. The molecule has 4 heteroatoms. The first-order valence-corrected chi connectivity index (χ1v) is 6.71. The van der Waals surface area contributed by atoms with Gasteiger partial charge < -0.3 is 10.2 Å². The topological polar surface area (TPSA) is 28.2 Å². The van der Waals surface area contributed by atoms with Crippen molar-refractivity contribution in [2.75, 3.05) is 11.9 Å². The Bertz CT molecular complexity index is 397. The zero-order valence-electron chi connectivity index (χ0n) is 10.1. The van der Waals surface area contributed by atoms with Crippen molar-refractivity contribution < 1.29 is 0 Å². The van der Waals surface area contributed by atoms with Gasteiger partial charge in [-0.25, -0.2) is 4.98 Å². The molecule has 1 aromatic heterocycles. The van der Waals surface area contributed by atoms with Crippen LogP contribution in [0.4, 0.5) is 5.82 Å². The number of hydrogen-bond donors (Lipinski definition) is 1. The highest BCUT2D eigenvalue weighted by molar-refractivity contribution is 6.32. The molecule has 2 bridgehead atoms. The molecule has 17 heavy (non-hydrogen) atoms. The van der Waals surface area contributed by atoms with Gasteiger partial charge >= 0.3 is 0 Å². The van der Waals surface area contributed by atoms with Crippen LogP contribution in [-0.4, -0.2) is 30.2 Å². The van der Waals surface area contributed by atoms with Gasteiger partial charge in [0.05, 0.1) is 5.02 Å². The summed E-state index contributed by atoms with van der Waals surface area (Å²) in [6.07, 6.45) is 6.88. The standard InChI is InChI=1S/C13H18ClN3/c1-17(13-12(14)3-2-6-15-13)11-7-9-4-5-10(8-11)16-9/h2-3,6,9-11,16H,4-5,7-8H2,1H3. The van der Waals surface area contributed by atoms with E-state index in [1.54, 1.807) is 0 Å². The highest BCUT2D eigenvalue weighted by Gasteiger charge is 2.35. The summed E-state index contributed by atoms with van der Waals surface area (Å²) in [5.41, 5.74) is 0. The van der Waals surface area contributed by atoms with Crippen LogP contribution in [0.15, 0.2) is 18.3 Å². The van der Waals surface area contributed by atoms with Crippen LogP contribution in [0, 0.1) is 0 Å². The number of nitrogens with one attached hydrogen (secondary N) is 1. The van der Waals surface area contributed by atoms with Crippen molar-refractivity contribution in [3.63, 3.8) is 0 Å². The van der Waals surface area contributed by atoms with E-state index in [0.29, 0.717) is 18.1 Å². The Labute approximate surface area is 107 Å². The average Bonchev–Trinajstić information content (AvgIpc) is 2.68. The molecule has 2 unspecified atom stereocenters. The van der Waals surface area contributed by atoms with E-state index in [4.69, 9.17) is 11.6 Å². The fourth-order valence-electron chi connectivity index (χ4n) is 3.15. The molecule has 92 valence electrons. The lowest BCUT2D eigenvalue weighted by Crippen LogP contribution is -2.47. The second-order valence-corrected chi connectivity index (χ2v) is 5.59.